The maximum absolute atomic E-state index is 5.87. The van der Waals surface area contributed by atoms with Gasteiger partial charge in [-0.3, -0.25) is 0 Å². The van der Waals surface area contributed by atoms with E-state index in [4.69, 9.17) is 13.9 Å². The lowest BCUT2D eigenvalue weighted by Gasteiger charge is -2.02. The molecule has 1 aliphatic heterocycles. The summed E-state index contributed by atoms with van der Waals surface area (Å²) in [5.41, 5.74) is 0.840. The summed E-state index contributed by atoms with van der Waals surface area (Å²) in [6.07, 6.45) is 1.04. The summed E-state index contributed by atoms with van der Waals surface area (Å²) >= 11 is 0. The molecule has 2 heterocycles. The zero-order valence-corrected chi connectivity index (χ0v) is 9.23. The molecule has 1 aromatic carbocycles. The van der Waals surface area contributed by atoms with Crippen LogP contribution in [0.1, 0.15) is 18.1 Å². The molecule has 3 nitrogen and oxygen atoms in total. The molecule has 16 heavy (non-hydrogen) atoms. The summed E-state index contributed by atoms with van der Waals surface area (Å²) in [5.74, 6) is 2.21. The predicted octanol–water partition coefficient (Wildman–Crippen LogP) is 2.95. The van der Waals surface area contributed by atoms with E-state index in [0.717, 1.165) is 42.1 Å². The van der Waals surface area contributed by atoms with Gasteiger partial charge < -0.3 is 13.9 Å². The van der Waals surface area contributed by atoms with Gasteiger partial charge in [-0.15, -0.1) is 0 Å². The number of benzene rings is 1. The largest absolute Gasteiger partial charge is 0.493 e. The molecule has 1 aliphatic rings. The van der Waals surface area contributed by atoms with E-state index in [0.29, 0.717) is 5.92 Å². The van der Waals surface area contributed by atoms with Gasteiger partial charge in [0.2, 0.25) is 0 Å². The zero-order chi connectivity index (χ0) is 11.0. The molecule has 3 heteroatoms. The van der Waals surface area contributed by atoms with E-state index < -0.39 is 0 Å². The van der Waals surface area contributed by atoms with Gasteiger partial charge in [0.25, 0.3) is 0 Å². The van der Waals surface area contributed by atoms with E-state index in [1.165, 1.54) is 0 Å². The first-order valence-electron chi connectivity index (χ1n) is 5.52. The second-order valence-electron chi connectivity index (χ2n) is 4.09. The monoisotopic (exact) mass is 218 g/mol. The number of methoxy groups -OCH3 is 1. The van der Waals surface area contributed by atoms with Crippen molar-refractivity contribution in [3.63, 3.8) is 0 Å². The van der Waals surface area contributed by atoms with Crippen molar-refractivity contribution in [1.82, 2.24) is 0 Å². The average molecular weight is 218 g/mol. The third-order valence-corrected chi connectivity index (χ3v) is 3.08. The Morgan fingerprint density at radius 3 is 3.06 bits per heavy atom. The van der Waals surface area contributed by atoms with Crippen LogP contribution in [0.3, 0.4) is 0 Å². The lowest BCUT2D eigenvalue weighted by Crippen LogP contribution is -1.94. The highest BCUT2D eigenvalue weighted by molar-refractivity contribution is 5.83. The molecule has 0 spiro atoms. The first kappa shape index (κ1) is 9.73. The van der Waals surface area contributed by atoms with E-state index >= 15 is 0 Å². The van der Waals surface area contributed by atoms with E-state index in [2.05, 4.69) is 6.07 Å². The average Bonchev–Trinajstić information content (AvgIpc) is 2.96. The maximum atomic E-state index is 5.87. The van der Waals surface area contributed by atoms with Crippen LogP contribution in [0, 0.1) is 0 Å². The quantitative estimate of drug-likeness (QED) is 0.776. The van der Waals surface area contributed by atoms with Gasteiger partial charge in [-0.25, -0.2) is 0 Å². The number of para-hydroxylation sites is 1. The van der Waals surface area contributed by atoms with E-state index in [9.17, 15) is 0 Å². The van der Waals surface area contributed by atoms with Crippen LogP contribution in [0.4, 0.5) is 0 Å². The number of rotatable bonds is 2. The summed E-state index contributed by atoms with van der Waals surface area (Å²) in [5, 5.41) is 1.10. The van der Waals surface area contributed by atoms with Crippen LogP contribution in [-0.4, -0.2) is 20.3 Å². The Bertz CT molecular complexity index is 495. The van der Waals surface area contributed by atoms with Crippen molar-refractivity contribution in [2.75, 3.05) is 20.3 Å². The van der Waals surface area contributed by atoms with Gasteiger partial charge in [-0.1, -0.05) is 12.1 Å². The lowest BCUT2D eigenvalue weighted by atomic mass is 10.1. The highest BCUT2D eigenvalue weighted by atomic mass is 16.5. The summed E-state index contributed by atoms with van der Waals surface area (Å²) in [4.78, 5) is 0. The molecular weight excluding hydrogens is 204 g/mol. The number of hydrogen-bond acceptors (Lipinski definition) is 3. The van der Waals surface area contributed by atoms with Crippen molar-refractivity contribution in [3.8, 4) is 5.75 Å². The van der Waals surface area contributed by atoms with Crippen LogP contribution in [-0.2, 0) is 4.74 Å². The Hall–Kier alpha value is -1.48. The second kappa shape index (κ2) is 3.83. The van der Waals surface area contributed by atoms with Gasteiger partial charge in [0, 0.05) is 17.9 Å². The van der Waals surface area contributed by atoms with Gasteiger partial charge >= 0.3 is 0 Å². The molecular formula is C13H14O3. The summed E-state index contributed by atoms with van der Waals surface area (Å²) < 4.78 is 16.5. The normalized spacial score (nSPS) is 20.4. The van der Waals surface area contributed by atoms with Crippen LogP contribution in [0.5, 0.6) is 5.75 Å². The molecule has 1 atom stereocenters. The van der Waals surface area contributed by atoms with Gasteiger partial charge in [-0.05, 0) is 18.6 Å². The van der Waals surface area contributed by atoms with Crippen molar-refractivity contribution < 1.29 is 13.9 Å². The fourth-order valence-corrected chi connectivity index (χ4v) is 2.18. The minimum absolute atomic E-state index is 0.400. The Labute approximate surface area is 94.0 Å². The molecule has 1 unspecified atom stereocenters. The molecule has 1 aromatic heterocycles. The Morgan fingerprint density at radius 2 is 2.31 bits per heavy atom. The summed E-state index contributed by atoms with van der Waals surface area (Å²) in [6.45, 7) is 1.60. The molecule has 0 radical (unpaired) electrons. The Morgan fingerprint density at radius 1 is 1.38 bits per heavy atom. The maximum Gasteiger partial charge on any atom is 0.176 e. The fraction of sp³-hybridized carbons (Fsp3) is 0.385. The van der Waals surface area contributed by atoms with Crippen molar-refractivity contribution in [2.24, 2.45) is 0 Å². The van der Waals surface area contributed by atoms with E-state index in [-0.39, 0.29) is 0 Å². The number of fused-ring (bicyclic) bond motifs is 1. The van der Waals surface area contributed by atoms with E-state index in [1.54, 1.807) is 7.11 Å². The predicted molar refractivity (Wildman–Crippen MR) is 60.9 cm³/mol. The third kappa shape index (κ3) is 1.48. The van der Waals surface area contributed by atoms with Gasteiger partial charge in [0.05, 0.1) is 13.7 Å². The van der Waals surface area contributed by atoms with Crippen molar-refractivity contribution in [3.05, 3.63) is 30.0 Å². The van der Waals surface area contributed by atoms with Gasteiger partial charge in [-0.2, -0.15) is 0 Å². The summed E-state index contributed by atoms with van der Waals surface area (Å²) in [7, 11) is 1.66. The molecule has 0 bridgehead atoms. The molecule has 84 valence electrons. The smallest absolute Gasteiger partial charge is 0.176 e. The number of hydrogen-bond donors (Lipinski definition) is 0. The van der Waals surface area contributed by atoms with Crippen LogP contribution >= 0.6 is 0 Å². The molecule has 2 aromatic rings. The molecule has 0 amide bonds. The zero-order valence-electron chi connectivity index (χ0n) is 9.23. The van der Waals surface area contributed by atoms with Crippen LogP contribution in [0.15, 0.2) is 28.7 Å². The van der Waals surface area contributed by atoms with Crippen molar-refractivity contribution in [1.29, 1.82) is 0 Å². The molecule has 3 rings (SSSR count). The molecule has 0 N–H and O–H groups in total. The topological polar surface area (TPSA) is 31.6 Å². The van der Waals surface area contributed by atoms with Crippen LogP contribution in [0.2, 0.25) is 0 Å². The van der Waals surface area contributed by atoms with E-state index in [1.807, 2.05) is 18.2 Å². The first-order chi connectivity index (χ1) is 7.88. The SMILES string of the molecule is COc1cccc2cc(C3CCOC3)oc12. The van der Waals surface area contributed by atoms with Crippen LogP contribution < -0.4 is 4.74 Å². The number of ether oxygens (including phenoxy) is 2. The van der Waals surface area contributed by atoms with Crippen LogP contribution in [0.25, 0.3) is 11.0 Å². The second-order valence-corrected chi connectivity index (χ2v) is 4.09. The minimum atomic E-state index is 0.400. The summed E-state index contributed by atoms with van der Waals surface area (Å²) in [6, 6.07) is 8.03. The van der Waals surface area contributed by atoms with Gasteiger partial charge in [0.15, 0.2) is 11.3 Å². The Balaban J connectivity index is 2.07. The molecule has 1 saturated heterocycles. The van der Waals surface area contributed by atoms with Gasteiger partial charge in [0.1, 0.15) is 5.76 Å². The molecule has 0 saturated carbocycles. The van der Waals surface area contributed by atoms with Crippen molar-refractivity contribution in [2.45, 2.75) is 12.3 Å². The standard InChI is InChI=1S/C13H14O3/c1-14-11-4-2-3-9-7-12(16-13(9)11)10-5-6-15-8-10/h2-4,7,10H,5-6,8H2,1H3. The third-order valence-electron chi connectivity index (χ3n) is 3.08. The Kier molecular flexibility index (Phi) is 2.33. The number of furan rings is 1. The highest BCUT2D eigenvalue weighted by Crippen LogP contribution is 2.34. The molecule has 0 aliphatic carbocycles. The fourth-order valence-electron chi connectivity index (χ4n) is 2.18. The highest BCUT2D eigenvalue weighted by Gasteiger charge is 2.22. The van der Waals surface area contributed by atoms with Crippen molar-refractivity contribution >= 4 is 11.0 Å². The first-order valence-corrected chi connectivity index (χ1v) is 5.52. The molecule has 1 fully saturated rings. The minimum Gasteiger partial charge on any atom is -0.493 e. The lowest BCUT2D eigenvalue weighted by molar-refractivity contribution is 0.191.